The lowest BCUT2D eigenvalue weighted by Crippen LogP contribution is -2.02. The minimum Gasteiger partial charge on any atom is -0.313 e. The monoisotopic (exact) mass is 1060 g/mol. The lowest BCUT2D eigenvalue weighted by molar-refractivity contribution is 0.808. The number of hydrogen-bond donors (Lipinski definition) is 0. The Morgan fingerprint density at radius 1 is 0.277 bits per heavy atom. The van der Waals surface area contributed by atoms with E-state index >= 15 is 0 Å². The van der Waals surface area contributed by atoms with Crippen LogP contribution < -0.4 is 0 Å². The predicted octanol–water partition coefficient (Wildman–Crippen LogP) is 20.3. The van der Waals surface area contributed by atoms with Crippen molar-refractivity contribution in [1.29, 1.82) is 0 Å². The van der Waals surface area contributed by atoms with Crippen LogP contribution in [0.15, 0.2) is 279 Å². The van der Waals surface area contributed by atoms with Gasteiger partial charge in [0.15, 0.2) is 0 Å². The summed E-state index contributed by atoms with van der Waals surface area (Å²) in [5, 5.41) is 8.66. The molecule has 0 spiro atoms. The van der Waals surface area contributed by atoms with Crippen LogP contribution in [0.4, 0.5) is 0 Å². The largest absolute Gasteiger partial charge is 0.313 e. The van der Waals surface area contributed by atoms with Gasteiger partial charge in [-0.05, 0) is 133 Å². The fourth-order valence-electron chi connectivity index (χ4n) is 13.8. The molecular formula is C78H53N5. The van der Waals surface area contributed by atoms with Crippen molar-refractivity contribution in [3.05, 3.63) is 290 Å². The number of allylic oxidation sites excluding steroid dienone is 1. The zero-order valence-electron chi connectivity index (χ0n) is 45.5. The van der Waals surface area contributed by atoms with Crippen molar-refractivity contribution in [3.8, 4) is 67.5 Å². The summed E-state index contributed by atoms with van der Waals surface area (Å²) in [6.07, 6.45) is 7.92. The predicted molar refractivity (Wildman–Crippen MR) is 348 cm³/mol. The van der Waals surface area contributed by atoms with E-state index in [0.717, 1.165) is 80.9 Å². The van der Waals surface area contributed by atoms with Crippen molar-refractivity contribution in [2.75, 3.05) is 0 Å². The molecule has 5 heterocycles. The Morgan fingerprint density at radius 3 is 1.30 bits per heavy atom. The second-order valence-corrected chi connectivity index (χ2v) is 22.1. The number of pyridine rings is 1. The van der Waals surface area contributed by atoms with Gasteiger partial charge in [-0.3, -0.25) is 0 Å². The van der Waals surface area contributed by atoms with Crippen molar-refractivity contribution < 1.29 is 0 Å². The highest BCUT2D eigenvalue weighted by Crippen LogP contribution is 2.45. The lowest BCUT2D eigenvalue weighted by atomic mass is 9.98. The average molecular weight is 1060 g/mol. The maximum Gasteiger partial charge on any atom is 0.0730 e. The Bertz CT molecular complexity index is 5150. The summed E-state index contributed by atoms with van der Waals surface area (Å²) in [7, 11) is 0. The fourth-order valence-corrected chi connectivity index (χ4v) is 13.8. The summed E-state index contributed by atoms with van der Waals surface area (Å²) < 4.78 is 10.0. The first-order chi connectivity index (χ1) is 41.2. The molecule has 0 N–H and O–H groups in total. The molecule has 0 atom stereocenters. The van der Waals surface area contributed by atoms with Gasteiger partial charge in [0.1, 0.15) is 0 Å². The molecule has 1 aliphatic carbocycles. The molecule has 0 saturated carbocycles. The highest BCUT2D eigenvalue weighted by Gasteiger charge is 2.25. The van der Waals surface area contributed by atoms with Gasteiger partial charge >= 0.3 is 0 Å². The van der Waals surface area contributed by atoms with Gasteiger partial charge in [0.2, 0.25) is 0 Å². The van der Waals surface area contributed by atoms with E-state index in [0.29, 0.717) is 0 Å². The molecule has 0 radical (unpaired) electrons. The molecule has 0 saturated heterocycles. The first-order valence-corrected chi connectivity index (χ1v) is 28.9. The van der Waals surface area contributed by atoms with Gasteiger partial charge in [0.25, 0.3) is 0 Å². The van der Waals surface area contributed by atoms with Gasteiger partial charge in [0.05, 0.1) is 55.7 Å². The Morgan fingerprint density at radius 2 is 0.735 bits per heavy atom. The van der Waals surface area contributed by atoms with E-state index in [4.69, 9.17) is 4.98 Å². The molecule has 5 heteroatoms. The molecule has 11 aromatic carbocycles. The molecule has 0 bridgehead atoms. The summed E-state index contributed by atoms with van der Waals surface area (Å²) in [6, 6.07) is 100. The molecule has 0 fully saturated rings. The third-order valence-electron chi connectivity index (χ3n) is 17.4. The number of fused-ring (bicyclic) bond motifs is 13. The summed E-state index contributed by atoms with van der Waals surface area (Å²) >= 11 is 0. The van der Waals surface area contributed by atoms with Crippen LogP contribution in [-0.4, -0.2) is 23.3 Å². The van der Waals surface area contributed by atoms with E-state index in [2.05, 4.69) is 303 Å². The van der Waals surface area contributed by atoms with E-state index < -0.39 is 0 Å². The maximum absolute atomic E-state index is 5.28. The maximum atomic E-state index is 5.28. The summed E-state index contributed by atoms with van der Waals surface area (Å²) in [6.45, 7) is 0. The zero-order chi connectivity index (χ0) is 54.5. The molecular weight excluding hydrogens is 1010 g/mol. The summed E-state index contributed by atoms with van der Waals surface area (Å²) in [5.41, 5.74) is 24.2. The molecule has 0 aliphatic heterocycles. The lowest BCUT2D eigenvalue weighted by Gasteiger charge is -2.16. The minimum atomic E-state index is 0.935. The fraction of sp³-hybridized carbons (Fsp3) is 0.0385. The van der Waals surface area contributed by atoms with Crippen LogP contribution in [0.1, 0.15) is 24.1 Å². The van der Waals surface area contributed by atoms with Crippen molar-refractivity contribution in [3.63, 3.8) is 0 Å². The van der Waals surface area contributed by atoms with Crippen LogP contribution >= 0.6 is 0 Å². The Hall–Kier alpha value is -10.8. The molecule has 5 aromatic heterocycles. The molecule has 0 amide bonds. The van der Waals surface area contributed by atoms with Gasteiger partial charge in [-0.1, -0.05) is 194 Å². The molecule has 83 heavy (non-hydrogen) atoms. The summed E-state index contributed by atoms with van der Waals surface area (Å²) in [4.78, 5) is 5.28. The van der Waals surface area contributed by atoms with Crippen molar-refractivity contribution >= 4 is 82.4 Å². The topological polar surface area (TPSA) is 32.6 Å². The van der Waals surface area contributed by atoms with E-state index in [1.54, 1.807) is 0 Å². The number of aromatic nitrogens is 5. The van der Waals surface area contributed by atoms with E-state index in [1.165, 1.54) is 93.5 Å². The first-order valence-electron chi connectivity index (χ1n) is 28.9. The number of nitrogens with zero attached hydrogens (tertiary/aromatic N) is 5. The zero-order valence-corrected chi connectivity index (χ0v) is 45.5. The number of rotatable bonds is 8. The smallest absolute Gasteiger partial charge is 0.0730 e. The van der Waals surface area contributed by atoms with Gasteiger partial charge in [-0.25, -0.2) is 4.98 Å². The van der Waals surface area contributed by atoms with Crippen LogP contribution in [0.25, 0.3) is 150 Å². The van der Waals surface area contributed by atoms with Crippen molar-refractivity contribution in [2.24, 2.45) is 0 Å². The van der Waals surface area contributed by atoms with Gasteiger partial charge in [-0.15, -0.1) is 0 Å². The normalized spacial score (nSPS) is 12.6. The third kappa shape index (κ3) is 7.51. The molecule has 0 unspecified atom stereocenters. The first kappa shape index (κ1) is 47.1. The molecule has 17 rings (SSSR count). The SMILES string of the molecule is C1=Cc2c(n(-c3cc(-c4ccccc4)cc(-c4ccccc4)c3)c3cc4c(cc23)c2ccccc2n4-c2cccc(-n3c4ccccc4c4c5c6ccccc6n(-c6cc(-c7ccccc7)nc(-c7ccccc7)c6)c5ccc43)c2)CCC1. The van der Waals surface area contributed by atoms with Crippen LogP contribution in [0, 0.1) is 0 Å². The molecule has 5 nitrogen and oxygen atoms in total. The highest BCUT2D eigenvalue weighted by atomic mass is 15.0. The quantitative estimate of drug-likeness (QED) is 0.149. The Balaban J connectivity index is 0.881. The number of para-hydroxylation sites is 3. The molecule has 1 aliphatic rings. The van der Waals surface area contributed by atoms with Gasteiger partial charge in [-0.2, -0.15) is 0 Å². The molecule has 16 aromatic rings. The highest BCUT2D eigenvalue weighted by molar-refractivity contribution is 6.29. The van der Waals surface area contributed by atoms with E-state index in [1.807, 2.05) is 0 Å². The second kappa shape index (κ2) is 18.9. The van der Waals surface area contributed by atoms with Gasteiger partial charge < -0.3 is 18.3 Å². The van der Waals surface area contributed by atoms with Crippen LogP contribution in [-0.2, 0) is 6.42 Å². The van der Waals surface area contributed by atoms with Crippen molar-refractivity contribution in [2.45, 2.75) is 19.3 Å². The second-order valence-electron chi connectivity index (χ2n) is 22.1. The minimum absolute atomic E-state index is 0.935. The molecule has 390 valence electrons. The average Bonchev–Trinajstić information content (AvgIpc) is 3.30. The van der Waals surface area contributed by atoms with Crippen molar-refractivity contribution in [1.82, 2.24) is 23.3 Å². The number of hydrogen-bond acceptors (Lipinski definition) is 1. The standard InChI is InChI=1S/C78H53N5/c1-6-23-51(24-7-1)55-43-56(52-25-8-2-9-26-52)45-59(44-55)83-70-37-15-5-14-33-61(70)66-49-65-62-34-16-19-38-69(62)81(75(65)50-76(66)83)58-32-22-31-57(46-58)80-71-39-20-17-35-63(71)77-73(80)41-42-74-78(77)64-36-18-21-40-72(64)82(74)60-47-67(53-27-10-3-11-28-53)79-68(48-60)54-29-12-4-13-30-54/h1-4,6-14,16-36,38-50H,5,15,37H2. The Labute approximate surface area is 480 Å². The van der Waals surface area contributed by atoms with Crippen LogP contribution in [0.3, 0.4) is 0 Å². The Kier molecular flexibility index (Phi) is 10.7. The summed E-state index contributed by atoms with van der Waals surface area (Å²) in [5.74, 6) is 0. The van der Waals surface area contributed by atoms with E-state index in [-0.39, 0.29) is 0 Å². The van der Waals surface area contributed by atoms with Crippen LogP contribution in [0.2, 0.25) is 0 Å². The number of benzene rings is 11. The van der Waals surface area contributed by atoms with Crippen LogP contribution in [0.5, 0.6) is 0 Å². The van der Waals surface area contributed by atoms with E-state index in [9.17, 15) is 0 Å². The van der Waals surface area contributed by atoms with Gasteiger partial charge in [0, 0.05) is 77.2 Å². The third-order valence-corrected chi connectivity index (χ3v) is 17.4.